The van der Waals surface area contributed by atoms with Gasteiger partial charge in [0.25, 0.3) is 0 Å². The number of nitrogen functional groups attached to an aromatic ring is 1. The first-order chi connectivity index (χ1) is 9.65. The summed E-state index contributed by atoms with van der Waals surface area (Å²) in [6, 6.07) is 0. The van der Waals surface area contributed by atoms with Gasteiger partial charge >= 0.3 is 0 Å². The summed E-state index contributed by atoms with van der Waals surface area (Å²) in [4.78, 5) is 14.1. The minimum Gasteiger partial charge on any atom is -0.374 e. The molecule has 3 heterocycles. The van der Waals surface area contributed by atoms with E-state index >= 15 is 0 Å². The van der Waals surface area contributed by atoms with Crippen molar-refractivity contribution in [3.8, 4) is 20.6 Å². The average Bonchev–Trinajstić information content (AvgIpc) is 3.05. The summed E-state index contributed by atoms with van der Waals surface area (Å²) < 4.78 is 0. The molecule has 0 amide bonds. The van der Waals surface area contributed by atoms with Crippen molar-refractivity contribution in [1.29, 1.82) is 0 Å². The second kappa shape index (κ2) is 5.22. The molecule has 0 bridgehead atoms. The molecular formula is C12H12N6S2. The first-order valence-corrected chi connectivity index (χ1v) is 7.65. The molecule has 0 aliphatic rings. The van der Waals surface area contributed by atoms with Crippen LogP contribution in [0.2, 0.25) is 0 Å². The third kappa shape index (κ3) is 2.39. The lowest BCUT2D eigenvalue weighted by Gasteiger charge is -2.01. The van der Waals surface area contributed by atoms with E-state index < -0.39 is 0 Å². The predicted molar refractivity (Wildman–Crippen MR) is 80.5 cm³/mol. The summed E-state index contributed by atoms with van der Waals surface area (Å²) in [5.41, 5.74) is 7.43. The summed E-state index contributed by atoms with van der Waals surface area (Å²) in [6.07, 6.45) is 5.02. The fourth-order valence-corrected chi connectivity index (χ4v) is 3.59. The summed E-state index contributed by atoms with van der Waals surface area (Å²) >= 11 is 2.92. The van der Waals surface area contributed by atoms with Crippen LogP contribution in [0.1, 0.15) is 25.5 Å². The van der Waals surface area contributed by atoms with Crippen LogP contribution in [0, 0.1) is 0 Å². The van der Waals surface area contributed by atoms with Gasteiger partial charge in [-0.3, -0.25) is 9.97 Å². The van der Waals surface area contributed by atoms with Crippen molar-refractivity contribution in [2.75, 3.05) is 5.73 Å². The Balaban J connectivity index is 2.12. The number of rotatable bonds is 3. The maximum atomic E-state index is 5.67. The first kappa shape index (κ1) is 13.1. The van der Waals surface area contributed by atoms with E-state index in [-0.39, 0.29) is 5.92 Å². The highest BCUT2D eigenvalue weighted by Crippen LogP contribution is 2.39. The van der Waals surface area contributed by atoms with E-state index in [4.69, 9.17) is 5.73 Å². The Hall–Kier alpha value is -1.93. The monoisotopic (exact) mass is 304 g/mol. The molecule has 0 aliphatic carbocycles. The Bertz CT molecular complexity index is 719. The second-order valence-electron chi connectivity index (χ2n) is 4.42. The summed E-state index contributed by atoms with van der Waals surface area (Å²) in [6.45, 7) is 4.20. The van der Waals surface area contributed by atoms with Gasteiger partial charge in [0, 0.05) is 12.4 Å². The third-order valence-corrected chi connectivity index (χ3v) is 4.62. The zero-order valence-electron chi connectivity index (χ0n) is 10.9. The fraction of sp³-hybridized carbons (Fsp3) is 0.250. The molecule has 0 aromatic carbocycles. The van der Waals surface area contributed by atoms with Gasteiger partial charge in [-0.1, -0.05) is 25.2 Å². The zero-order valence-corrected chi connectivity index (χ0v) is 12.6. The standard InChI is InChI=1S/C12H12N6S2/c1-6(2)8-9(11-17-18-12(13)20-11)19-10(16-8)7-5-14-3-4-15-7/h3-6H,1-2H3,(H2,13,18). The van der Waals surface area contributed by atoms with Gasteiger partial charge in [0.05, 0.1) is 16.8 Å². The van der Waals surface area contributed by atoms with Crippen molar-refractivity contribution in [1.82, 2.24) is 25.1 Å². The van der Waals surface area contributed by atoms with E-state index in [0.717, 1.165) is 26.3 Å². The lowest BCUT2D eigenvalue weighted by Crippen LogP contribution is -1.91. The molecule has 0 fully saturated rings. The molecule has 2 N–H and O–H groups in total. The van der Waals surface area contributed by atoms with Crippen molar-refractivity contribution in [2.45, 2.75) is 19.8 Å². The van der Waals surface area contributed by atoms with Gasteiger partial charge in [-0.25, -0.2) is 4.98 Å². The number of nitrogens with zero attached hydrogens (tertiary/aromatic N) is 5. The van der Waals surface area contributed by atoms with E-state index in [9.17, 15) is 0 Å². The molecule has 3 rings (SSSR count). The van der Waals surface area contributed by atoms with Crippen molar-refractivity contribution in [2.24, 2.45) is 0 Å². The molecule has 6 nitrogen and oxygen atoms in total. The predicted octanol–water partition coefficient (Wildman–Crippen LogP) is 2.82. The molecule has 0 saturated carbocycles. The topological polar surface area (TPSA) is 90.5 Å². The molecule has 0 saturated heterocycles. The molecule has 0 spiro atoms. The van der Waals surface area contributed by atoms with Crippen LogP contribution in [0.3, 0.4) is 0 Å². The van der Waals surface area contributed by atoms with Crippen LogP contribution in [0.5, 0.6) is 0 Å². The van der Waals surface area contributed by atoms with Crippen LogP contribution in [-0.4, -0.2) is 25.1 Å². The summed E-state index contributed by atoms with van der Waals surface area (Å²) in [7, 11) is 0. The SMILES string of the molecule is CC(C)c1nc(-c2cnccn2)sc1-c1nnc(N)s1. The minimum atomic E-state index is 0.289. The highest BCUT2D eigenvalue weighted by atomic mass is 32.1. The second-order valence-corrected chi connectivity index (χ2v) is 6.43. The zero-order chi connectivity index (χ0) is 14.1. The third-order valence-electron chi connectivity index (χ3n) is 2.62. The lowest BCUT2D eigenvalue weighted by atomic mass is 10.1. The number of hydrogen-bond donors (Lipinski definition) is 1. The number of aromatic nitrogens is 5. The van der Waals surface area contributed by atoms with Gasteiger partial charge in [0.15, 0.2) is 5.01 Å². The first-order valence-electron chi connectivity index (χ1n) is 6.01. The van der Waals surface area contributed by atoms with Crippen molar-refractivity contribution >= 4 is 27.8 Å². The molecule has 20 heavy (non-hydrogen) atoms. The Morgan fingerprint density at radius 1 is 1.10 bits per heavy atom. The van der Waals surface area contributed by atoms with Crippen LogP contribution in [0.4, 0.5) is 5.13 Å². The Kier molecular flexibility index (Phi) is 3.41. The molecule has 0 radical (unpaired) electrons. The average molecular weight is 304 g/mol. The summed E-state index contributed by atoms with van der Waals surface area (Å²) in [5.74, 6) is 0.289. The summed E-state index contributed by atoms with van der Waals surface area (Å²) in [5, 5.41) is 10.1. The Morgan fingerprint density at radius 2 is 1.95 bits per heavy atom. The van der Waals surface area contributed by atoms with Crippen LogP contribution in [0.25, 0.3) is 20.6 Å². The van der Waals surface area contributed by atoms with E-state index in [1.54, 1.807) is 29.9 Å². The normalized spacial score (nSPS) is 11.2. The largest absolute Gasteiger partial charge is 0.374 e. The minimum absolute atomic E-state index is 0.289. The number of anilines is 1. The molecule has 0 atom stereocenters. The quantitative estimate of drug-likeness (QED) is 0.800. The molecule has 3 aromatic rings. The van der Waals surface area contributed by atoms with Crippen molar-refractivity contribution in [3.05, 3.63) is 24.3 Å². The van der Waals surface area contributed by atoms with Crippen LogP contribution in [0.15, 0.2) is 18.6 Å². The highest BCUT2D eigenvalue weighted by molar-refractivity contribution is 7.24. The van der Waals surface area contributed by atoms with Crippen LogP contribution < -0.4 is 5.73 Å². The van der Waals surface area contributed by atoms with E-state index in [1.807, 2.05) is 0 Å². The molecule has 0 unspecified atom stereocenters. The highest BCUT2D eigenvalue weighted by Gasteiger charge is 2.20. The fourth-order valence-electron chi connectivity index (χ4n) is 1.72. The number of nitrogens with two attached hydrogens (primary N) is 1. The van der Waals surface area contributed by atoms with E-state index in [1.165, 1.54) is 11.3 Å². The van der Waals surface area contributed by atoms with Crippen molar-refractivity contribution in [3.63, 3.8) is 0 Å². The van der Waals surface area contributed by atoms with Crippen molar-refractivity contribution < 1.29 is 0 Å². The Morgan fingerprint density at radius 3 is 2.55 bits per heavy atom. The van der Waals surface area contributed by atoms with Crippen LogP contribution in [-0.2, 0) is 0 Å². The molecule has 8 heteroatoms. The number of hydrogen-bond acceptors (Lipinski definition) is 8. The smallest absolute Gasteiger partial charge is 0.203 e. The number of thiazole rings is 1. The van der Waals surface area contributed by atoms with Crippen LogP contribution >= 0.6 is 22.7 Å². The van der Waals surface area contributed by atoms with Gasteiger partial charge in [-0.2, -0.15) is 0 Å². The lowest BCUT2D eigenvalue weighted by molar-refractivity contribution is 0.835. The van der Waals surface area contributed by atoms with E-state index in [2.05, 4.69) is 39.0 Å². The maximum absolute atomic E-state index is 5.67. The van der Waals surface area contributed by atoms with Gasteiger partial charge in [0.2, 0.25) is 5.13 Å². The molecule has 0 aliphatic heterocycles. The van der Waals surface area contributed by atoms with Gasteiger partial charge in [0.1, 0.15) is 10.7 Å². The van der Waals surface area contributed by atoms with Gasteiger partial charge in [-0.15, -0.1) is 21.5 Å². The Labute approximate surface area is 123 Å². The maximum Gasteiger partial charge on any atom is 0.203 e. The van der Waals surface area contributed by atoms with E-state index in [0.29, 0.717) is 5.13 Å². The molecule has 102 valence electrons. The molecule has 3 aromatic heterocycles. The van der Waals surface area contributed by atoms with Gasteiger partial charge in [-0.05, 0) is 5.92 Å². The van der Waals surface area contributed by atoms with Gasteiger partial charge < -0.3 is 5.73 Å². The molecular weight excluding hydrogens is 292 g/mol.